The number of carboxylic acids is 1. The highest BCUT2D eigenvalue weighted by molar-refractivity contribution is 5.94. The van der Waals surface area contributed by atoms with Gasteiger partial charge in [0.1, 0.15) is 5.54 Å². The molecule has 6 nitrogen and oxygen atoms in total. The average molecular weight is 282 g/mol. The molecule has 1 aliphatic carbocycles. The van der Waals surface area contributed by atoms with Gasteiger partial charge in [0.15, 0.2) is 11.6 Å². The molecule has 0 unspecified atom stereocenters. The van der Waals surface area contributed by atoms with E-state index in [0.717, 1.165) is 12.5 Å². The van der Waals surface area contributed by atoms with E-state index >= 15 is 0 Å². The second kappa shape index (κ2) is 5.36. The molecule has 2 amide bonds. The summed E-state index contributed by atoms with van der Waals surface area (Å²) >= 11 is 0. The molecule has 1 aromatic carbocycles. The SMILES string of the molecule is COc1cc(NC(=O)NC2(C(=O)O)CCC2)ccc1F. The van der Waals surface area contributed by atoms with Gasteiger partial charge in [0.05, 0.1) is 7.11 Å². The quantitative estimate of drug-likeness (QED) is 0.787. The Morgan fingerprint density at radius 3 is 2.60 bits per heavy atom. The Bertz CT molecular complexity index is 543. The second-order valence-corrected chi connectivity index (χ2v) is 4.67. The molecule has 1 aliphatic rings. The van der Waals surface area contributed by atoms with Gasteiger partial charge < -0.3 is 20.5 Å². The molecule has 1 saturated carbocycles. The van der Waals surface area contributed by atoms with E-state index in [1.807, 2.05) is 0 Å². The molecule has 7 heteroatoms. The predicted molar refractivity (Wildman–Crippen MR) is 69.3 cm³/mol. The van der Waals surface area contributed by atoms with Gasteiger partial charge in [0, 0.05) is 11.8 Å². The fourth-order valence-electron chi connectivity index (χ4n) is 2.04. The molecule has 0 heterocycles. The minimum absolute atomic E-state index is 0.000563. The number of hydrogen-bond donors (Lipinski definition) is 3. The third-order valence-corrected chi connectivity index (χ3v) is 3.38. The number of carbonyl (C=O) groups is 2. The first-order valence-corrected chi connectivity index (χ1v) is 6.13. The summed E-state index contributed by atoms with van der Waals surface area (Å²) in [6.07, 6.45) is 1.57. The zero-order valence-electron chi connectivity index (χ0n) is 10.9. The molecule has 1 fully saturated rings. The Labute approximate surface area is 114 Å². The van der Waals surface area contributed by atoms with Gasteiger partial charge in [0.25, 0.3) is 0 Å². The van der Waals surface area contributed by atoms with Crippen molar-refractivity contribution in [2.45, 2.75) is 24.8 Å². The topological polar surface area (TPSA) is 87.7 Å². The van der Waals surface area contributed by atoms with Gasteiger partial charge in [-0.1, -0.05) is 0 Å². The van der Waals surface area contributed by atoms with Crippen molar-refractivity contribution in [2.24, 2.45) is 0 Å². The summed E-state index contributed by atoms with van der Waals surface area (Å²) in [6, 6.07) is 3.21. The fourth-order valence-corrected chi connectivity index (χ4v) is 2.04. The molecule has 0 atom stereocenters. The number of hydrogen-bond acceptors (Lipinski definition) is 3. The summed E-state index contributed by atoms with van der Waals surface area (Å²) < 4.78 is 18.0. The minimum Gasteiger partial charge on any atom is -0.494 e. The highest BCUT2D eigenvalue weighted by Gasteiger charge is 2.45. The first-order valence-electron chi connectivity index (χ1n) is 6.13. The molecular weight excluding hydrogens is 267 g/mol. The van der Waals surface area contributed by atoms with Gasteiger partial charge in [-0.2, -0.15) is 0 Å². The molecule has 1 aromatic rings. The molecule has 108 valence electrons. The van der Waals surface area contributed by atoms with Gasteiger partial charge in [-0.25, -0.2) is 14.0 Å². The smallest absolute Gasteiger partial charge is 0.329 e. The Morgan fingerprint density at radius 1 is 1.40 bits per heavy atom. The van der Waals surface area contributed by atoms with E-state index in [9.17, 15) is 14.0 Å². The molecule has 0 saturated heterocycles. The lowest BCUT2D eigenvalue weighted by Gasteiger charge is -2.38. The predicted octanol–water partition coefficient (Wildman–Crippen LogP) is 1.96. The highest BCUT2D eigenvalue weighted by Crippen LogP contribution is 2.32. The van der Waals surface area contributed by atoms with Crippen LogP contribution in [0.3, 0.4) is 0 Å². The van der Waals surface area contributed by atoms with Crippen LogP contribution in [0.5, 0.6) is 5.75 Å². The number of halogens is 1. The Balaban J connectivity index is 2.03. The van der Waals surface area contributed by atoms with Crippen LogP contribution in [0.4, 0.5) is 14.9 Å². The summed E-state index contributed by atoms with van der Waals surface area (Å²) in [5.41, 5.74) is -0.866. The van der Waals surface area contributed by atoms with Crippen LogP contribution in [0.15, 0.2) is 18.2 Å². The van der Waals surface area contributed by atoms with E-state index < -0.39 is 23.4 Å². The number of carboxylic acid groups (broad SMARTS) is 1. The van der Waals surface area contributed by atoms with Crippen molar-refractivity contribution < 1.29 is 23.8 Å². The number of aliphatic carboxylic acids is 1. The van der Waals surface area contributed by atoms with Gasteiger partial charge in [0.2, 0.25) is 0 Å². The third kappa shape index (κ3) is 2.66. The summed E-state index contributed by atoms with van der Waals surface area (Å²) in [6.45, 7) is 0. The van der Waals surface area contributed by atoms with Crippen LogP contribution in [0.2, 0.25) is 0 Å². The van der Waals surface area contributed by atoms with Crippen molar-refractivity contribution in [3.05, 3.63) is 24.0 Å². The largest absolute Gasteiger partial charge is 0.494 e. The number of carbonyl (C=O) groups excluding carboxylic acids is 1. The number of amides is 2. The highest BCUT2D eigenvalue weighted by atomic mass is 19.1. The molecule has 0 bridgehead atoms. The maximum Gasteiger partial charge on any atom is 0.329 e. The first-order chi connectivity index (χ1) is 9.47. The Hall–Kier alpha value is -2.31. The molecule has 2 rings (SSSR count). The number of methoxy groups -OCH3 is 1. The van der Waals surface area contributed by atoms with E-state index in [1.54, 1.807) is 0 Å². The van der Waals surface area contributed by atoms with Crippen LogP contribution in [-0.4, -0.2) is 29.8 Å². The Morgan fingerprint density at radius 2 is 2.10 bits per heavy atom. The van der Waals surface area contributed by atoms with Crippen LogP contribution in [-0.2, 0) is 4.79 Å². The first kappa shape index (κ1) is 14.1. The number of urea groups is 1. The average Bonchev–Trinajstić information content (AvgIpc) is 2.35. The number of anilines is 1. The van der Waals surface area contributed by atoms with Crippen LogP contribution >= 0.6 is 0 Å². The van der Waals surface area contributed by atoms with E-state index in [4.69, 9.17) is 9.84 Å². The van der Waals surface area contributed by atoms with E-state index in [1.165, 1.54) is 19.2 Å². The van der Waals surface area contributed by atoms with Crippen LogP contribution in [0, 0.1) is 5.82 Å². The van der Waals surface area contributed by atoms with Crippen molar-refractivity contribution in [1.82, 2.24) is 5.32 Å². The van der Waals surface area contributed by atoms with Crippen molar-refractivity contribution in [3.63, 3.8) is 0 Å². The minimum atomic E-state index is -1.19. The monoisotopic (exact) mass is 282 g/mol. The number of nitrogens with one attached hydrogen (secondary N) is 2. The van der Waals surface area contributed by atoms with E-state index in [2.05, 4.69) is 10.6 Å². The third-order valence-electron chi connectivity index (χ3n) is 3.38. The summed E-state index contributed by atoms with van der Waals surface area (Å²) in [5.74, 6) is -1.59. The molecule has 0 spiro atoms. The summed E-state index contributed by atoms with van der Waals surface area (Å²) in [4.78, 5) is 22.9. The lowest BCUT2D eigenvalue weighted by atomic mass is 9.77. The number of benzene rings is 1. The molecule has 20 heavy (non-hydrogen) atoms. The summed E-state index contributed by atoms with van der Waals surface area (Å²) in [7, 11) is 1.32. The maximum atomic E-state index is 13.2. The zero-order chi connectivity index (χ0) is 14.8. The lowest BCUT2D eigenvalue weighted by molar-refractivity contribution is -0.148. The van der Waals surface area contributed by atoms with Gasteiger partial charge in [-0.3, -0.25) is 0 Å². The lowest BCUT2D eigenvalue weighted by Crippen LogP contribution is -2.60. The summed E-state index contributed by atoms with van der Waals surface area (Å²) in [5, 5.41) is 14.0. The van der Waals surface area contributed by atoms with Crippen LogP contribution in [0.25, 0.3) is 0 Å². The van der Waals surface area contributed by atoms with E-state index in [-0.39, 0.29) is 5.75 Å². The van der Waals surface area contributed by atoms with Crippen molar-refractivity contribution in [1.29, 1.82) is 0 Å². The molecule has 0 aliphatic heterocycles. The van der Waals surface area contributed by atoms with E-state index in [0.29, 0.717) is 18.5 Å². The number of rotatable bonds is 4. The van der Waals surface area contributed by atoms with Crippen molar-refractivity contribution in [3.8, 4) is 5.75 Å². The van der Waals surface area contributed by atoms with Gasteiger partial charge in [-0.15, -0.1) is 0 Å². The molecule has 3 N–H and O–H groups in total. The van der Waals surface area contributed by atoms with Gasteiger partial charge in [-0.05, 0) is 31.4 Å². The van der Waals surface area contributed by atoms with Crippen molar-refractivity contribution >= 4 is 17.7 Å². The zero-order valence-corrected chi connectivity index (χ0v) is 10.9. The maximum absolute atomic E-state index is 13.2. The molecule has 0 aromatic heterocycles. The number of ether oxygens (including phenoxy) is 1. The fraction of sp³-hybridized carbons (Fsp3) is 0.385. The second-order valence-electron chi connectivity index (χ2n) is 4.67. The normalized spacial score (nSPS) is 15.9. The van der Waals surface area contributed by atoms with Crippen LogP contribution in [0.1, 0.15) is 19.3 Å². The van der Waals surface area contributed by atoms with Crippen LogP contribution < -0.4 is 15.4 Å². The molecular formula is C13H15FN2O4. The van der Waals surface area contributed by atoms with Gasteiger partial charge >= 0.3 is 12.0 Å². The standard InChI is InChI=1S/C13H15FN2O4/c1-20-10-7-8(3-4-9(10)14)15-12(19)16-13(11(17)18)5-2-6-13/h3-4,7H,2,5-6H2,1H3,(H,17,18)(H2,15,16,19). The van der Waals surface area contributed by atoms with Crippen molar-refractivity contribution in [2.75, 3.05) is 12.4 Å². The molecule has 0 radical (unpaired) electrons. The Kier molecular flexibility index (Phi) is 3.78.